The van der Waals surface area contributed by atoms with Gasteiger partial charge < -0.3 is 5.32 Å². The molecule has 2 aromatic carbocycles. The molecule has 1 saturated heterocycles. The third-order valence-corrected chi connectivity index (χ3v) is 8.35. The molecule has 7 nitrogen and oxygen atoms in total. The van der Waals surface area contributed by atoms with Crippen LogP contribution in [0.3, 0.4) is 0 Å². The Bertz CT molecular complexity index is 1230. The first kappa shape index (κ1) is 23.5. The van der Waals surface area contributed by atoms with Crippen molar-refractivity contribution in [1.82, 2.24) is 14.5 Å². The minimum Gasteiger partial charge on any atom is -0.320 e. The van der Waals surface area contributed by atoms with Gasteiger partial charge in [-0.15, -0.1) is 10.2 Å². The van der Waals surface area contributed by atoms with Crippen LogP contribution in [0.2, 0.25) is 0 Å². The summed E-state index contributed by atoms with van der Waals surface area (Å²) >= 11 is 1.07. The van der Waals surface area contributed by atoms with Gasteiger partial charge in [0.15, 0.2) is 0 Å². The highest BCUT2D eigenvalue weighted by Crippen LogP contribution is 2.37. The number of amides is 1. The molecule has 2 heterocycles. The second-order valence-corrected chi connectivity index (χ2v) is 11.3. The molecule has 3 aromatic rings. The summed E-state index contributed by atoms with van der Waals surface area (Å²) in [6, 6.07) is 12.0. The standard InChI is InChI=1S/C23H25FN4O3S2/c1-15(2)14-16-5-11-19(12-6-16)33(30,31)28-13-3-4-20(28)22-26-27-23(32-22)21(29)25-18-9-7-17(24)8-10-18/h5-12,15,20H,3-4,13-14H2,1-2H3,(H,25,29). The van der Waals surface area contributed by atoms with Crippen molar-refractivity contribution in [3.63, 3.8) is 0 Å². The van der Waals surface area contributed by atoms with Crippen molar-refractivity contribution in [2.45, 2.75) is 44.0 Å². The number of hydrogen-bond donors (Lipinski definition) is 1. The molecule has 1 N–H and O–H groups in total. The maximum absolute atomic E-state index is 13.3. The molecule has 4 rings (SSSR count). The molecule has 10 heteroatoms. The third-order valence-electron chi connectivity index (χ3n) is 5.40. The van der Waals surface area contributed by atoms with Gasteiger partial charge in [0.1, 0.15) is 10.8 Å². The van der Waals surface area contributed by atoms with Crippen molar-refractivity contribution in [3.05, 3.63) is 69.9 Å². The fourth-order valence-electron chi connectivity index (χ4n) is 3.86. The normalized spacial score (nSPS) is 16.9. The van der Waals surface area contributed by atoms with E-state index in [1.54, 1.807) is 12.1 Å². The van der Waals surface area contributed by atoms with Crippen molar-refractivity contribution in [1.29, 1.82) is 0 Å². The van der Waals surface area contributed by atoms with Crippen LogP contribution < -0.4 is 5.32 Å². The summed E-state index contributed by atoms with van der Waals surface area (Å²) in [5.41, 5.74) is 1.53. The number of aromatic nitrogens is 2. The Morgan fingerprint density at radius 3 is 2.52 bits per heavy atom. The van der Waals surface area contributed by atoms with Gasteiger partial charge in [-0.3, -0.25) is 4.79 Å². The van der Waals surface area contributed by atoms with Crippen molar-refractivity contribution in [3.8, 4) is 0 Å². The van der Waals surface area contributed by atoms with E-state index in [0.29, 0.717) is 36.0 Å². The number of nitrogens with zero attached hydrogens (tertiary/aromatic N) is 3. The predicted molar refractivity (Wildman–Crippen MR) is 125 cm³/mol. The van der Waals surface area contributed by atoms with Crippen LogP contribution in [0, 0.1) is 11.7 Å². The Morgan fingerprint density at radius 1 is 1.15 bits per heavy atom. The molecular formula is C23H25FN4O3S2. The summed E-state index contributed by atoms with van der Waals surface area (Å²) in [7, 11) is -3.71. The summed E-state index contributed by atoms with van der Waals surface area (Å²) < 4.78 is 41.2. The molecule has 0 bridgehead atoms. The summed E-state index contributed by atoms with van der Waals surface area (Å²) in [4.78, 5) is 12.8. The number of benzene rings is 2. The molecule has 0 saturated carbocycles. The highest BCUT2D eigenvalue weighted by molar-refractivity contribution is 7.89. The smallest absolute Gasteiger partial charge is 0.286 e. The van der Waals surface area contributed by atoms with Crippen molar-refractivity contribution < 1.29 is 17.6 Å². The van der Waals surface area contributed by atoms with E-state index >= 15 is 0 Å². The van der Waals surface area contributed by atoms with Gasteiger partial charge in [0.2, 0.25) is 15.0 Å². The van der Waals surface area contributed by atoms with Crippen LogP contribution in [0.1, 0.15) is 53.1 Å². The Labute approximate surface area is 196 Å². The molecule has 1 aliphatic heterocycles. The lowest BCUT2D eigenvalue weighted by molar-refractivity contribution is 0.102. The number of rotatable bonds is 7. The average Bonchev–Trinajstić information content (AvgIpc) is 3.45. The number of sulfonamides is 1. The van der Waals surface area contributed by atoms with Crippen LogP contribution in [0.25, 0.3) is 0 Å². The first-order chi connectivity index (χ1) is 15.7. The second kappa shape index (κ2) is 9.66. The fourth-order valence-corrected chi connectivity index (χ4v) is 6.47. The second-order valence-electron chi connectivity index (χ2n) is 8.42. The van der Waals surface area contributed by atoms with E-state index < -0.39 is 27.8 Å². The van der Waals surface area contributed by atoms with Crippen molar-refractivity contribution in [2.75, 3.05) is 11.9 Å². The zero-order valence-electron chi connectivity index (χ0n) is 18.4. The van der Waals surface area contributed by atoms with Crippen LogP contribution in [-0.4, -0.2) is 35.4 Å². The number of halogens is 1. The first-order valence-corrected chi connectivity index (χ1v) is 13.0. The lowest BCUT2D eigenvalue weighted by Crippen LogP contribution is -2.30. The predicted octanol–water partition coefficient (Wildman–Crippen LogP) is 4.65. The van der Waals surface area contributed by atoms with Crippen LogP contribution in [0.15, 0.2) is 53.4 Å². The van der Waals surface area contributed by atoms with Gasteiger partial charge in [-0.25, -0.2) is 12.8 Å². The van der Waals surface area contributed by atoms with E-state index in [1.807, 2.05) is 12.1 Å². The van der Waals surface area contributed by atoms with Crippen LogP contribution in [0.5, 0.6) is 0 Å². The van der Waals surface area contributed by atoms with Crippen molar-refractivity contribution in [2.24, 2.45) is 5.92 Å². The van der Waals surface area contributed by atoms with Gasteiger partial charge >= 0.3 is 0 Å². The van der Waals surface area contributed by atoms with Crippen molar-refractivity contribution >= 4 is 33.0 Å². The highest BCUT2D eigenvalue weighted by atomic mass is 32.2. The lowest BCUT2D eigenvalue weighted by atomic mass is 10.0. The van der Waals surface area contributed by atoms with Crippen LogP contribution in [0.4, 0.5) is 10.1 Å². The average molecular weight is 489 g/mol. The minimum absolute atomic E-state index is 0.122. The number of nitrogens with one attached hydrogen (secondary N) is 1. The molecule has 1 unspecified atom stereocenters. The van der Waals surface area contributed by atoms with Crippen LogP contribution in [-0.2, 0) is 16.4 Å². The number of anilines is 1. The van der Waals surface area contributed by atoms with Gasteiger partial charge in [0.05, 0.1) is 10.9 Å². The van der Waals surface area contributed by atoms with E-state index in [4.69, 9.17) is 0 Å². The monoisotopic (exact) mass is 488 g/mol. The van der Waals surface area contributed by atoms with E-state index in [9.17, 15) is 17.6 Å². The molecule has 0 spiro atoms. The highest BCUT2D eigenvalue weighted by Gasteiger charge is 2.38. The Morgan fingerprint density at radius 2 is 1.85 bits per heavy atom. The topological polar surface area (TPSA) is 92.3 Å². The maximum atomic E-state index is 13.3. The summed E-state index contributed by atoms with van der Waals surface area (Å²) in [6.45, 7) is 4.63. The molecule has 1 fully saturated rings. The zero-order valence-corrected chi connectivity index (χ0v) is 20.0. The fraction of sp³-hybridized carbons (Fsp3) is 0.348. The number of carbonyl (C=O) groups excluding carboxylic acids is 1. The molecule has 0 aliphatic carbocycles. The van der Waals surface area contributed by atoms with E-state index in [0.717, 1.165) is 23.3 Å². The Kier molecular flexibility index (Phi) is 6.87. The molecule has 1 aromatic heterocycles. The third kappa shape index (κ3) is 5.29. The molecule has 1 atom stereocenters. The van der Waals surface area contributed by atoms with Gasteiger partial charge in [-0.2, -0.15) is 4.31 Å². The quantitative estimate of drug-likeness (QED) is 0.522. The lowest BCUT2D eigenvalue weighted by Gasteiger charge is -2.22. The van der Waals surface area contributed by atoms with E-state index in [1.165, 1.54) is 28.6 Å². The van der Waals surface area contributed by atoms with Gasteiger partial charge in [-0.05, 0) is 67.1 Å². The summed E-state index contributed by atoms with van der Waals surface area (Å²) in [5.74, 6) is -0.385. The summed E-state index contributed by atoms with van der Waals surface area (Å²) in [6.07, 6.45) is 2.20. The molecule has 0 radical (unpaired) electrons. The first-order valence-electron chi connectivity index (χ1n) is 10.7. The van der Waals surface area contributed by atoms with Gasteiger partial charge in [0.25, 0.3) is 5.91 Å². The largest absolute Gasteiger partial charge is 0.320 e. The summed E-state index contributed by atoms with van der Waals surface area (Å²) in [5, 5.41) is 11.3. The van der Waals surface area contributed by atoms with E-state index in [2.05, 4.69) is 29.4 Å². The minimum atomic E-state index is -3.71. The number of hydrogen-bond acceptors (Lipinski definition) is 6. The van der Waals surface area contributed by atoms with Gasteiger partial charge in [-0.1, -0.05) is 37.3 Å². The Hall–Kier alpha value is -2.69. The maximum Gasteiger partial charge on any atom is 0.286 e. The molecule has 1 aliphatic rings. The van der Waals surface area contributed by atoms with E-state index in [-0.39, 0.29) is 9.90 Å². The molecule has 174 valence electrons. The Balaban J connectivity index is 1.50. The molecular weight excluding hydrogens is 463 g/mol. The number of carbonyl (C=O) groups is 1. The van der Waals surface area contributed by atoms with Gasteiger partial charge in [0, 0.05) is 12.2 Å². The SMILES string of the molecule is CC(C)Cc1ccc(S(=O)(=O)N2CCCC2c2nnc(C(=O)Nc3ccc(F)cc3)s2)cc1. The molecule has 33 heavy (non-hydrogen) atoms. The zero-order chi connectivity index (χ0) is 23.6. The molecule has 1 amide bonds. The van der Waals surface area contributed by atoms with Crippen LogP contribution >= 0.6 is 11.3 Å².